The summed E-state index contributed by atoms with van der Waals surface area (Å²) in [5.41, 5.74) is 2.96. The minimum Gasteiger partial charge on any atom is -0.310 e. The first-order chi connectivity index (χ1) is 9.20. The van der Waals surface area contributed by atoms with E-state index >= 15 is 0 Å². The summed E-state index contributed by atoms with van der Waals surface area (Å²) in [6.45, 7) is 7.85. The summed E-state index contributed by atoms with van der Waals surface area (Å²) in [5, 5.41) is 3.70. The van der Waals surface area contributed by atoms with Crippen LogP contribution in [0.4, 0.5) is 0 Å². The van der Waals surface area contributed by atoms with Crippen LogP contribution >= 0.6 is 0 Å². The number of benzene rings is 1. The van der Waals surface area contributed by atoms with Gasteiger partial charge >= 0.3 is 0 Å². The fourth-order valence-electron chi connectivity index (χ4n) is 3.40. The SMILES string of the molecule is CCNC(c1ccc(CC(C)C)cc1)C1CCCC1. The summed E-state index contributed by atoms with van der Waals surface area (Å²) >= 11 is 0. The van der Waals surface area contributed by atoms with Crippen molar-refractivity contribution in [2.75, 3.05) is 6.54 Å². The summed E-state index contributed by atoms with van der Waals surface area (Å²) in [6.07, 6.45) is 6.81. The first-order valence-corrected chi connectivity index (χ1v) is 8.03. The monoisotopic (exact) mass is 259 g/mol. The van der Waals surface area contributed by atoms with E-state index in [2.05, 4.69) is 50.4 Å². The summed E-state index contributed by atoms with van der Waals surface area (Å²) in [6, 6.07) is 9.93. The lowest BCUT2D eigenvalue weighted by Crippen LogP contribution is -2.26. The molecular formula is C18H29N. The molecule has 1 aliphatic carbocycles. The van der Waals surface area contributed by atoms with Gasteiger partial charge in [-0.2, -0.15) is 0 Å². The Labute approximate surface area is 118 Å². The van der Waals surface area contributed by atoms with Crippen LogP contribution in [-0.2, 0) is 6.42 Å². The highest BCUT2D eigenvalue weighted by molar-refractivity contribution is 5.26. The molecule has 1 saturated carbocycles. The second-order valence-corrected chi connectivity index (χ2v) is 6.42. The van der Waals surface area contributed by atoms with Gasteiger partial charge < -0.3 is 5.32 Å². The van der Waals surface area contributed by atoms with Crippen LogP contribution in [0.25, 0.3) is 0 Å². The van der Waals surface area contributed by atoms with Gasteiger partial charge in [-0.05, 0) is 48.8 Å². The molecule has 1 aliphatic rings. The summed E-state index contributed by atoms with van der Waals surface area (Å²) < 4.78 is 0. The van der Waals surface area contributed by atoms with Crippen LogP contribution in [0.3, 0.4) is 0 Å². The molecule has 0 heterocycles. The van der Waals surface area contributed by atoms with E-state index in [1.54, 1.807) is 0 Å². The Hall–Kier alpha value is -0.820. The molecule has 2 rings (SSSR count). The molecule has 0 radical (unpaired) electrons. The Balaban J connectivity index is 2.08. The van der Waals surface area contributed by atoms with Crippen LogP contribution in [0.2, 0.25) is 0 Å². The van der Waals surface area contributed by atoms with E-state index in [9.17, 15) is 0 Å². The Morgan fingerprint density at radius 1 is 1.11 bits per heavy atom. The van der Waals surface area contributed by atoms with E-state index < -0.39 is 0 Å². The van der Waals surface area contributed by atoms with Gasteiger partial charge in [-0.25, -0.2) is 0 Å². The predicted octanol–water partition coefficient (Wildman–Crippen LogP) is 4.73. The number of nitrogens with one attached hydrogen (secondary N) is 1. The second-order valence-electron chi connectivity index (χ2n) is 6.42. The first-order valence-electron chi connectivity index (χ1n) is 8.03. The summed E-state index contributed by atoms with van der Waals surface area (Å²) in [5.74, 6) is 1.58. The van der Waals surface area contributed by atoms with E-state index in [0.717, 1.165) is 18.4 Å². The third-order valence-electron chi connectivity index (χ3n) is 4.28. The maximum atomic E-state index is 3.70. The van der Waals surface area contributed by atoms with E-state index in [1.807, 2.05) is 0 Å². The predicted molar refractivity (Wildman–Crippen MR) is 83.4 cm³/mol. The molecule has 1 heteroatoms. The Bertz CT molecular complexity index is 360. The van der Waals surface area contributed by atoms with Crippen LogP contribution in [0.5, 0.6) is 0 Å². The van der Waals surface area contributed by atoms with Gasteiger partial charge in [0.15, 0.2) is 0 Å². The first kappa shape index (κ1) is 14.6. The van der Waals surface area contributed by atoms with Crippen LogP contribution in [0.15, 0.2) is 24.3 Å². The molecule has 1 atom stereocenters. The molecule has 0 aromatic heterocycles. The molecule has 0 aliphatic heterocycles. The molecule has 0 saturated heterocycles. The number of hydrogen-bond donors (Lipinski definition) is 1. The lowest BCUT2D eigenvalue weighted by atomic mass is 9.90. The molecule has 1 aromatic carbocycles. The molecule has 0 spiro atoms. The Kier molecular flexibility index (Phi) is 5.45. The van der Waals surface area contributed by atoms with Gasteiger partial charge in [-0.15, -0.1) is 0 Å². The zero-order valence-electron chi connectivity index (χ0n) is 12.8. The van der Waals surface area contributed by atoms with E-state index in [-0.39, 0.29) is 0 Å². The van der Waals surface area contributed by atoms with Gasteiger partial charge in [0.05, 0.1) is 0 Å². The van der Waals surface area contributed by atoms with Crippen molar-refractivity contribution in [3.8, 4) is 0 Å². The Morgan fingerprint density at radius 3 is 2.26 bits per heavy atom. The van der Waals surface area contributed by atoms with Gasteiger partial charge in [-0.1, -0.05) is 57.9 Å². The van der Waals surface area contributed by atoms with Crippen LogP contribution < -0.4 is 5.32 Å². The average molecular weight is 259 g/mol. The van der Waals surface area contributed by atoms with Crippen molar-refractivity contribution in [2.45, 2.75) is 58.9 Å². The number of rotatable bonds is 6. The normalized spacial score (nSPS) is 18.1. The van der Waals surface area contributed by atoms with Crippen molar-refractivity contribution in [3.05, 3.63) is 35.4 Å². The van der Waals surface area contributed by atoms with Crippen LogP contribution in [0.1, 0.15) is 63.6 Å². The smallest absolute Gasteiger partial charge is 0.0348 e. The largest absolute Gasteiger partial charge is 0.310 e. The van der Waals surface area contributed by atoms with Crippen molar-refractivity contribution in [3.63, 3.8) is 0 Å². The van der Waals surface area contributed by atoms with Gasteiger partial charge in [0.2, 0.25) is 0 Å². The van der Waals surface area contributed by atoms with Crippen molar-refractivity contribution in [1.29, 1.82) is 0 Å². The van der Waals surface area contributed by atoms with E-state index in [4.69, 9.17) is 0 Å². The topological polar surface area (TPSA) is 12.0 Å². The molecule has 1 unspecified atom stereocenters. The van der Waals surface area contributed by atoms with Crippen LogP contribution in [-0.4, -0.2) is 6.54 Å². The molecule has 1 aromatic rings. The summed E-state index contributed by atoms with van der Waals surface area (Å²) in [4.78, 5) is 0. The molecule has 106 valence electrons. The lowest BCUT2D eigenvalue weighted by molar-refractivity contribution is 0.374. The van der Waals surface area contributed by atoms with Crippen LogP contribution in [0, 0.1) is 11.8 Å². The zero-order chi connectivity index (χ0) is 13.7. The van der Waals surface area contributed by atoms with Gasteiger partial charge in [-0.3, -0.25) is 0 Å². The Morgan fingerprint density at radius 2 is 1.74 bits per heavy atom. The van der Waals surface area contributed by atoms with Gasteiger partial charge in [0.25, 0.3) is 0 Å². The van der Waals surface area contributed by atoms with Crippen molar-refractivity contribution in [1.82, 2.24) is 5.32 Å². The standard InChI is InChI=1S/C18H29N/c1-4-19-18(16-7-5-6-8-16)17-11-9-15(10-12-17)13-14(2)3/h9-12,14,16,18-19H,4-8,13H2,1-3H3. The highest BCUT2D eigenvalue weighted by Gasteiger charge is 2.25. The van der Waals surface area contributed by atoms with Crippen molar-refractivity contribution >= 4 is 0 Å². The quantitative estimate of drug-likeness (QED) is 0.779. The zero-order valence-corrected chi connectivity index (χ0v) is 12.8. The minimum absolute atomic E-state index is 0.570. The molecular weight excluding hydrogens is 230 g/mol. The maximum absolute atomic E-state index is 3.70. The molecule has 1 nitrogen and oxygen atoms in total. The molecule has 1 N–H and O–H groups in total. The van der Waals surface area contributed by atoms with Crippen molar-refractivity contribution < 1.29 is 0 Å². The van der Waals surface area contributed by atoms with Gasteiger partial charge in [0.1, 0.15) is 0 Å². The summed E-state index contributed by atoms with van der Waals surface area (Å²) in [7, 11) is 0. The maximum Gasteiger partial charge on any atom is 0.0348 e. The number of hydrogen-bond acceptors (Lipinski definition) is 1. The highest BCUT2D eigenvalue weighted by atomic mass is 14.9. The third kappa shape index (κ3) is 4.07. The molecule has 1 fully saturated rings. The van der Waals surface area contributed by atoms with Gasteiger partial charge in [0, 0.05) is 6.04 Å². The fraction of sp³-hybridized carbons (Fsp3) is 0.667. The second kappa shape index (κ2) is 7.09. The fourth-order valence-corrected chi connectivity index (χ4v) is 3.40. The lowest BCUT2D eigenvalue weighted by Gasteiger charge is -2.25. The molecule has 19 heavy (non-hydrogen) atoms. The molecule has 0 bridgehead atoms. The van der Waals surface area contributed by atoms with E-state index in [0.29, 0.717) is 6.04 Å². The average Bonchev–Trinajstić information content (AvgIpc) is 2.90. The van der Waals surface area contributed by atoms with Crippen molar-refractivity contribution in [2.24, 2.45) is 11.8 Å². The third-order valence-corrected chi connectivity index (χ3v) is 4.28. The highest BCUT2D eigenvalue weighted by Crippen LogP contribution is 2.35. The molecule has 0 amide bonds. The minimum atomic E-state index is 0.570. The van der Waals surface area contributed by atoms with E-state index in [1.165, 1.54) is 43.2 Å².